The molecule has 5 nitrogen and oxygen atoms in total. The Morgan fingerprint density at radius 1 is 1.15 bits per heavy atom. The molecule has 0 aliphatic rings. The molecular weight excluding hydrogens is 254 g/mol. The van der Waals surface area contributed by atoms with Crippen LogP contribution in [0.2, 0.25) is 0 Å². The molecule has 20 heavy (non-hydrogen) atoms. The van der Waals surface area contributed by atoms with Crippen LogP contribution in [0.15, 0.2) is 53.6 Å². The van der Waals surface area contributed by atoms with Crippen LogP contribution in [0.5, 0.6) is 5.75 Å². The molecule has 2 rings (SSSR count). The summed E-state index contributed by atoms with van der Waals surface area (Å²) >= 11 is 0. The summed E-state index contributed by atoms with van der Waals surface area (Å²) in [6.45, 7) is 1.78. The first kappa shape index (κ1) is 13.6. The van der Waals surface area contributed by atoms with Gasteiger partial charge in [-0.3, -0.25) is 4.79 Å². The van der Waals surface area contributed by atoms with Crippen molar-refractivity contribution in [3.8, 4) is 5.75 Å². The summed E-state index contributed by atoms with van der Waals surface area (Å²) in [6.07, 6.45) is 0. The van der Waals surface area contributed by atoms with Gasteiger partial charge in [0, 0.05) is 11.3 Å². The molecule has 2 aromatic carbocycles. The van der Waals surface area contributed by atoms with Crippen LogP contribution in [0.1, 0.15) is 22.8 Å². The van der Waals surface area contributed by atoms with Gasteiger partial charge in [0.2, 0.25) is 0 Å². The van der Waals surface area contributed by atoms with E-state index in [2.05, 4.69) is 10.5 Å². The monoisotopic (exact) mass is 269 g/mol. The molecule has 0 aromatic heterocycles. The number of nitrogens with two attached hydrogens (primary N) is 1. The summed E-state index contributed by atoms with van der Waals surface area (Å²) in [4.78, 5) is 11.8. The zero-order chi connectivity index (χ0) is 14.5. The van der Waals surface area contributed by atoms with Crippen LogP contribution in [0.4, 0.5) is 5.69 Å². The van der Waals surface area contributed by atoms with E-state index in [0.717, 1.165) is 5.56 Å². The molecule has 102 valence electrons. The number of rotatable bonds is 3. The largest absolute Gasteiger partial charge is 0.508 e. The van der Waals surface area contributed by atoms with Gasteiger partial charge in [0.15, 0.2) is 0 Å². The summed E-state index contributed by atoms with van der Waals surface area (Å²) < 4.78 is 0. The van der Waals surface area contributed by atoms with Crippen LogP contribution in [-0.2, 0) is 0 Å². The Hall–Kier alpha value is -2.82. The second kappa shape index (κ2) is 5.88. The molecule has 4 N–H and O–H groups in total. The lowest BCUT2D eigenvalue weighted by molar-refractivity contribution is 0.0955. The van der Waals surface area contributed by atoms with Gasteiger partial charge in [-0.2, -0.15) is 5.10 Å². The molecule has 0 saturated heterocycles. The minimum absolute atomic E-state index is 0.112. The van der Waals surface area contributed by atoms with Gasteiger partial charge in [-0.15, -0.1) is 0 Å². The second-order valence-corrected chi connectivity index (χ2v) is 4.31. The fourth-order valence-electron chi connectivity index (χ4n) is 1.64. The number of aromatic hydroxyl groups is 1. The number of phenolic OH excluding ortho intramolecular Hbond substituents is 1. The predicted molar refractivity (Wildman–Crippen MR) is 78.6 cm³/mol. The van der Waals surface area contributed by atoms with Gasteiger partial charge in [-0.1, -0.05) is 12.1 Å². The van der Waals surface area contributed by atoms with E-state index in [1.165, 1.54) is 24.3 Å². The number of carbonyl (C=O) groups excluding carboxylic acids is 1. The summed E-state index contributed by atoms with van der Waals surface area (Å²) in [6, 6.07) is 13.2. The lowest BCUT2D eigenvalue weighted by atomic mass is 10.1. The molecule has 0 radical (unpaired) electrons. The second-order valence-electron chi connectivity index (χ2n) is 4.31. The highest BCUT2D eigenvalue weighted by Gasteiger charge is 2.04. The van der Waals surface area contributed by atoms with E-state index in [4.69, 9.17) is 10.8 Å². The van der Waals surface area contributed by atoms with E-state index in [1.54, 1.807) is 19.1 Å². The van der Waals surface area contributed by atoms with Crippen LogP contribution in [-0.4, -0.2) is 16.7 Å². The molecule has 0 unspecified atom stereocenters. The first-order valence-electron chi connectivity index (χ1n) is 6.06. The van der Waals surface area contributed by atoms with Crippen molar-refractivity contribution in [2.45, 2.75) is 6.92 Å². The number of hydrazone groups is 1. The Morgan fingerprint density at radius 2 is 1.85 bits per heavy atom. The van der Waals surface area contributed by atoms with Crippen molar-refractivity contribution >= 4 is 17.3 Å². The lowest BCUT2D eigenvalue weighted by Gasteiger charge is -2.04. The van der Waals surface area contributed by atoms with Crippen LogP contribution < -0.4 is 11.2 Å². The smallest absolute Gasteiger partial charge is 0.271 e. The van der Waals surface area contributed by atoms with Gasteiger partial charge in [0.05, 0.1) is 5.71 Å². The normalized spacial score (nSPS) is 11.2. The fraction of sp³-hybridized carbons (Fsp3) is 0.0667. The summed E-state index contributed by atoms with van der Waals surface area (Å²) in [7, 11) is 0. The number of hydrogen-bond acceptors (Lipinski definition) is 4. The van der Waals surface area contributed by atoms with Gasteiger partial charge in [0.25, 0.3) is 5.91 Å². The van der Waals surface area contributed by atoms with Crippen molar-refractivity contribution in [1.29, 1.82) is 0 Å². The summed E-state index contributed by atoms with van der Waals surface area (Å²) in [5, 5.41) is 13.2. The van der Waals surface area contributed by atoms with E-state index in [0.29, 0.717) is 17.0 Å². The van der Waals surface area contributed by atoms with Crippen molar-refractivity contribution in [3.63, 3.8) is 0 Å². The van der Waals surface area contributed by atoms with E-state index in [-0.39, 0.29) is 11.7 Å². The third-order valence-electron chi connectivity index (χ3n) is 2.76. The molecule has 0 fully saturated rings. The molecule has 0 aliphatic carbocycles. The first-order chi connectivity index (χ1) is 9.56. The maximum atomic E-state index is 11.8. The molecule has 2 aromatic rings. The third kappa shape index (κ3) is 3.35. The van der Waals surface area contributed by atoms with Crippen molar-refractivity contribution in [2.24, 2.45) is 5.10 Å². The van der Waals surface area contributed by atoms with Gasteiger partial charge >= 0.3 is 0 Å². The number of hydrogen-bond donors (Lipinski definition) is 3. The van der Waals surface area contributed by atoms with Crippen LogP contribution >= 0.6 is 0 Å². The SMILES string of the molecule is C/C(=N\NC(=O)c1ccc(O)cc1)c1cccc(N)c1. The maximum Gasteiger partial charge on any atom is 0.271 e. The Bertz CT molecular complexity index is 648. The number of amides is 1. The van der Waals surface area contributed by atoms with Crippen LogP contribution in [0.25, 0.3) is 0 Å². The molecule has 0 aliphatic heterocycles. The summed E-state index contributed by atoms with van der Waals surface area (Å²) in [5.74, 6) is -0.228. The fourth-order valence-corrected chi connectivity index (χ4v) is 1.64. The molecule has 0 bridgehead atoms. The number of benzene rings is 2. The van der Waals surface area contributed by atoms with E-state index in [1.807, 2.05) is 12.1 Å². The van der Waals surface area contributed by atoms with Crippen molar-refractivity contribution in [2.75, 3.05) is 5.73 Å². The Morgan fingerprint density at radius 3 is 2.50 bits per heavy atom. The number of carbonyl (C=O) groups is 1. The Labute approximate surface area is 116 Å². The quantitative estimate of drug-likeness (QED) is 0.453. The van der Waals surface area contributed by atoms with Crippen LogP contribution in [0, 0.1) is 0 Å². The summed E-state index contributed by atoms with van der Waals surface area (Å²) in [5.41, 5.74) is 10.7. The minimum Gasteiger partial charge on any atom is -0.508 e. The van der Waals surface area contributed by atoms with Gasteiger partial charge in [-0.05, 0) is 48.9 Å². The molecule has 0 atom stereocenters. The molecule has 0 saturated carbocycles. The molecule has 0 heterocycles. The van der Waals surface area contributed by atoms with Crippen molar-refractivity contribution in [1.82, 2.24) is 5.43 Å². The van der Waals surface area contributed by atoms with Crippen molar-refractivity contribution < 1.29 is 9.90 Å². The molecule has 1 amide bonds. The van der Waals surface area contributed by atoms with E-state index >= 15 is 0 Å². The average Bonchev–Trinajstić information content (AvgIpc) is 2.45. The van der Waals surface area contributed by atoms with Crippen LogP contribution in [0.3, 0.4) is 0 Å². The Balaban J connectivity index is 2.08. The maximum absolute atomic E-state index is 11.8. The predicted octanol–water partition coefficient (Wildman–Crippen LogP) is 2.13. The number of anilines is 1. The Kier molecular flexibility index (Phi) is 4.00. The topological polar surface area (TPSA) is 87.7 Å². The van der Waals surface area contributed by atoms with Gasteiger partial charge in [0.1, 0.15) is 5.75 Å². The highest BCUT2D eigenvalue weighted by molar-refractivity contribution is 6.01. The lowest BCUT2D eigenvalue weighted by Crippen LogP contribution is -2.19. The average molecular weight is 269 g/mol. The highest BCUT2D eigenvalue weighted by atomic mass is 16.3. The highest BCUT2D eigenvalue weighted by Crippen LogP contribution is 2.10. The standard InChI is InChI=1S/C15H15N3O2/c1-10(12-3-2-4-13(16)9-12)17-18-15(20)11-5-7-14(19)8-6-11/h2-9,19H,16H2,1H3,(H,18,20)/b17-10+. The zero-order valence-corrected chi connectivity index (χ0v) is 11.0. The number of nitrogen functional groups attached to an aromatic ring is 1. The van der Waals surface area contributed by atoms with Gasteiger partial charge in [-0.25, -0.2) is 5.43 Å². The zero-order valence-electron chi connectivity index (χ0n) is 11.0. The van der Waals surface area contributed by atoms with Crippen molar-refractivity contribution in [3.05, 3.63) is 59.7 Å². The molecular formula is C15H15N3O2. The third-order valence-corrected chi connectivity index (χ3v) is 2.76. The number of nitrogens with one attached hydrogen (secondary N) is 1. The minimum atomic E-state index is -0.340. The number of nitrogens with zero attached hydrogens (tertiary/aromatic N) is 1. The molecule has 5 heteroatoms. The number of phenols is 1. The van der Waals surface area contributed by atoms with E-state index < -0.39 is 0 Å². The molecule has 0 spiro atoms. The van der Waals surface area contributed by atoms with E-state index in [9.17, 15) is 4.79 Å². The van der Waals surface area contributed by atoms with Gasteiger partial charge < -0.3 is 10.8 Å². The first-order valence-corrected chi connectivity index (χ1v) is 6.06.